The standard InChI is InChI=1S/C15H15ClN2O2/c1-20-15(19)13-4-2-11(3-5-13)7-17-8-12-6-14(16)10-18-9-12/h2-6,9-10,17H,7-8H2,1H3. The number of hydrogen-bond acceptors (Lipinski definition) is 4. The second-order valence-electron chi connectivity index (χ2n) is 4.30. The summed E-state index contributed by atoms with van der Waals surface area (Å²) >= 11 is 5.87. The SMILES string of the molecule is COC(=O)c1ccc(CNCc2cncc(Cl)c2)cc1. The van der Waals surface area contributed by atoms with E-state index in [2.05, 4.69) is 15.0 Å². The first-order valence-electron chi connectivity index (χ1n) is 6.16. The van der Waals surface area contributed by atoms with Crippen LogP contribution in [0.15, 0.2) is 42.7 Å². The van der Waals surface area contributed by atoms with Gasteiger partial charge in [-0.25, -0.2) is 4.79 Å². The van der Waals surface area contributed by atoms with Gasteiger partial charge in [0, 0.05) is 25.5 Å². The Hall–Kier alpha value is -1.91. The fourth-order valence-corrected chi connectivity index (χ4v) is 1.98. The molecule has 0 fully saturated rings. The number of methoxy groups -OCH3 is 1. The second-order valence-corrected chi connectivity index (χ2v) is 4.74. The summed E-state index contributed by atoms with van der Waals surface area (Å²) in [4.78, 5) is 15.3. The summed E-state index contributed by atoms with van der Waals surface area (Å²) in [5.74, 6) is -0.325. The van der Waals surface area contributed by atoms with Gasteiger partial charge in [0.05, 0.1) is 17.7 Å². The zero-order chi connectivity index (χ0) is 14.4. The Balaban J connectivity index is 1.86. The van der Waals surface area contributed by atoms with E-state index in [1.807, 2.05) is 18.2 Å². The average Bonchev–Trinajstić information content (AvgIpc) is 2.47. The minimum atomic E-state index is -0.325. The van der Waals surface area contributed by atoms with Crippen molar-refractivity contribution in [2.75, 3.05) is 7.11 Å². The molecule has 1 heterocycles. The molecule has 0 aliphatic carbocycles. The molecule has 1 N–H and O–H groups in total. The lowest BCUT2D eigenvalue weighted by molar-refractivity contribution is 0.0600. The maximum absolute atomic E-state index is 11.3. The van der Waals surface area contributed by atoms with Crippen LogP contribution >= 0.6 is 11.6 Å². The van der Waals surface area contributed by atoms with E-state index < -0.39 is 0 Å². The van der Waals surface area contributed by atoms with Gasteiger partial charge in [0.25, 0.3) is 0 Å². The van der Waals surface area contributed by atoms with E-state index in [1.54, 1.807) is 24.5 Å². The molecule has 4 nitrogen and oxygen atoms in total. The normalized spacial score (nSPS) is 10.3. The van der Waals surface area contributed by atoms with E-state index in [0.29, 0.717) is 23.7 Å². The molecule has 0 amide bonds. The summed E-state index contributed by atoms with van der Waals surface area (Å²) in [6.45, 7) is 1.39. The van der Waals surface area contributed by atoms with Crippen molar-refractivity contribution < 1.29 is 9.53 Å². The molecule has 1 aromatic carbocycles. The number of nitrogens with zero attached hydrogens (tertiary/aromatic N) is 1. The molecule has 0 radical (unpaired) electrons. The molecule has 0 saturated heterocycles. The summed E-state index contributed by atoms with van der Waals surface area (Å²) < 4.78 is 4.65. The number of pyridine rings is 1. The van der Waals surface area contributed by atoms with Crippen LogP contribution in [0.1, 0.15) is 21.5 Å². The molecule has 5 heteroatoms. The fourth-order valence-electron chi connectivity index (χ4n) is 1.78. The fraction of sp³-hybridized carbons (Fsp3) is 0.200. The molecular formula is C15H15ClN2O2. The van der Waals surface area contributed by atoms with Crippen molar-refractivity contribution in [2.24, 2.45) is 0 Å². The molecule has 1 aromatic heterocycles. The largest absolute Gasteiger partial charge is 0.465 e. The van der Waals surface area contributed by atoms with Gasteiger partial charge < -0.3 is 10.1 Å². The Morgan fingerprint density at radius 3 is 2.55 bits per heavy atom. The first-order chi connectivity index (χ1) is 9.69. The molecule has 0 bridgehead atoms. The van der Waals surface area contributed by atoms with Crippen molar-refractivity contribution in [1.82, 2.24) is 10.3 Å². The van der Waals surface area contributed by atoms with Crippen LogP contribution in [0.4, 0.5) is 0 Å². The van der Waals surface area contributed by atoms with E-state index in [1.165, 1.54) is 7.11 Å². The highest BCUT2D eigenvalue weighted by molar-refractivity contribution is 6.30. The monoisotopic (exact) mass is 290 g/mol. The lowest BCUT2D eigenvalue weighted by Crippen LogP contribution is -2.13. The Kier molecular flexibility index (Phi) is 5.09. The van der Waals surface area contributed by atoms with Crippen molar-refractivity contribution in [3.05, 3.63) is 64.4 Å². The number of carbonyl (C=O) groups excluding carboxylic acids is 1. The Labute approximate surface area is 122 Å². The maximum Gasteiger partial charge on any atom is 0.337 e. The lowest BCUT2D eigenvalue weighted by atomic mass is 10.1. The minimum Gasteiger partial charge on any atom is -0.465 e. The number of halogens is 1. The van der Waals surface area contributed by atoms with Crippen LogP contribution in [0.5, 0.6) is 0 Å². The average molecular weight is 291 g/mol. The van der Waals surface area contributed by atoms with E-state index in [4.69, 9.17) is 11.6 Å². The van der Waals surface area contributed by atoms with E-state index >= 15 is 0 Å². The highest BCUT2D eigenvalue weighted by atomic mass is 35.5. The first kappa shape index (κ1) is 14.5. The molecule has 0 spiro atoms. The van der Waals surface area contributed by atoms with Gasteiger partial charge >= 0.3 is 5.97 Å². The highest BCUT2D eigenvalue weighted by Gasteiger charge is 2.04. The molecule has 2 aromatic rings. The predicted octanol–water partition coefficient (Wildman–Crippen LogP) is 2.81. The molecule has 0 saturated carbocycles. The third kappa shape index (κ3) is 4.05. The number of nitrogens with one attached hydrogen (secondary N) is 1. The third-order valence-electron chi connectivity index (χ3n) is 2.79. The van der Waals surface area contributed by atoms with Crippen LogP contribution in [0.25, 0.3) is 0 Å². The molecule has 0 aliphatic heterocycles. The van der Waals surface area contributed by atoms with Gasteiger partial charge in [0.1, 0.15) is 0 Å². The molecule has 0 aliphatic rings. The van der Waals surface area contributed by atoms with Gasteiger partial charge in [-0.05, 0) is 29.3 Å². The number of rotatable bonds is 5. The van der Waals surface area contributed by atoms with Crippen molar-refractivity contribution in [3.63, 3.8) is 0 Å². The zero-order valence-corrected chi connectivity index (χ0v) is 11.9. The Morgan fingerprint density at radius 2 is 1.90 bits per heavy atom. The Morgan fingerprint density at radius 1 is 1.20 bits per heavy atom. The summed E-state index contributed by atoms with van der Waals surface area (Å²) in [5.41, 5.74) is 2.67. The van der Waals surface area contributed by atoms with Crippen molar-refractivity contribution in [3.8, 4) is 0 Å². The maximum atomic E-state index is 11.3. The molecule has 0 unspecified atom stereocenters. The molecule has 104 valence electrons. The van der Waals surface area contributed by atoms with Crippen LogP contribution < -0.4 is 5.32 Å². The van der Waals surface area contributed by atoms with E-state index in [-0.39, 0.29) is 5.97 Å². The lowest BCUT2D eigenvalue weighted by Gasteiger charge is -2.06. The van der Waals surface area contributed by atoms with Gasteiger partial charge in [0.15, 0.2) is 0 Å². The molecule has 0 atom stereocenters. The number of ether oxygens (including phenoxy) is 1. The van der Waals surface area contributed by atoms with Crippen molar-refractivity contribution in [1.29, 1.82) is 0 Å². The van der Waals surface area contributed by atoms with Gasteiger partial charge in [-0.2, -0.15) is 0 Å². The van der Waals surface area contributed by atoms with Gasteiger partial charge in [0.2, 0.25) is 0 Å². The second kappa shape index (κ2) is 7.03. The number of esters is 1. The zero-order valence-electron chi connectivity index (χ0n) is 11.1. The Bertz CT molecular complexity index is 585. The van der Waals surface area contributed by atoms with E-state index in [9.17, 15) is 4.79 Å². The summed E-state index contributed by atoms with van der Waals surface area (Å²) in [6, 6.07) is 9.18. The van der Waals surface area contributed by atoms with Crippen molar-refractivity contribution in [2.45, 2.75) is 13.1 Å². The predicted molar refractivity (Wildman–Crippen MR) is 77.6 cm³/mol. The van der Waals surface area contributed by atoms with Gasteiger partial charge in [-0.1, -0.05) is 23.7 Å². The minimum absolute atomic E-state index is 0.325. The van der Waals surface area contributed by atoms with Crippen LogP contribution in [0, 0.1) is 0 Å². The number of aromatic nitrogens is 1. The van der Waals surface area contributed by atoms with Crippen LogP contribution in [-0.2, 0) is 17.8 Å². The van der Waals surface area contributed by atoms with Crippen LogP contribution in [-0.4, -0.2) is 18.1 Å². The molecular weight excluding hydrogens is 276 g/mol. The van der Waals surface area contributed by atoms with E-state index in [0.717, 1.165) is 11.1 Å². The summed E-state index contributed by atoms with van der Waals surface area (Å²) in [6.07, 6.45) is 3.38. The van der Waals surface area contributed by atoms with Gasteiger partial charge in [-0.15, -0.1) is 0 Å². The first-order valence-corrected chi connectivity index (χ1v) is 6.54. The van der Waals surface area contributed by atoms with Gasteiger partial charge in [-0.3, -0.25) is 4.98 Å². The number of benzene rings is 1. The summed E-state index contributed by atoms with van der Waals surface area (Å²) in [5, 5.41) is 3.92. The molecule has 2 rings (SSSR count). The van der Waals surface area contributed by atoms with Crippen LogP contribution in [0.3, 0.4) is 0 Å². The van der Waals surface area contributed by atoms with Crippen LogP contribution in [0.2, 0.25) is 5.02 Å². The number of hydrogen-bond donors (Lipinski definition) is 1. The summed E-state index contributed by atoms with van der Waals surface area (Å²) in [7, 11) is 1.37. The smallest absolute Gasteiger partial charge is 0.337 e. The van der Waals surface area contributed by atoms with Crippen molar-refractivity contribution >= 4 is 17.6 Å². The highest BCUT2D eigenvalue weighted by Crippen LogP contribution is 2.09. The number of carbonyl (C=O) groups is 1. The quantitative estimate of drug-likeness (QED) is 0.860. The topological polar surface area (TPSA) is 51.2 Å². The third-order valence-corrected chi connectivity index (χ3v) is 3.00. The molecule has 20 heavy (non-hydrogen) atoms.